The normalized spacial score (nSPS) is 19.7. The summed E-state index contributed by atoms with van der Waals surface area (Å²) in [4.78, 5) is 3.56. The van der Waals surface area contributed by atoms with Crippen molar-refractivity contribution >= 4 is 33.9 Å². The zero-order valence-electron chi connectivity index (χ0n) is 17.5. The van der Waals surface area contributed by atoms with E-state index in [1.807, 2.05) is 24.3 Å². The summed E-state index contributed by atoms with van der Waals surface area (Å²) >= 11 is 5.46. The van der Waals surface area contributed by atoms with Crippen molar-refractivity contribution in [1.82, 2.24) is 10.3 Å². The van der Waals surface area contributed by atoms with Crippen LogP contribution in [0.15, 0.2) is 48.5 Å². The van der Waals surface area contributed by atoms with Crippen LogP contribution < -0.4 is 15.4 Å². The van der Waals surface area contributed by atoms with Crippen LogP contribution >= 0.6 is 12.2 Å². The molecular weight excluding hydrogens is 378 g/mol. The molecule has 4 rings (SSSR count). The number of hydrogen-bond donors (Lipinski definition) is 3. The molecule has 1 heterocycles. The first-order valence-corrected chi connectivity index (χ1v) is 10.6. The van der Waals surface area contributed by atoms with E-state index in [9.17, 15) is 0 Å². The maximum atomic E-state index is 5.46. The Morgan fingerprint density at radius 3 is 2.59 bits per heavy atom. The smallest absolute Gasteiger partial charge is 0.170 e. The Hall–Kier alpha value is -2.53. The molecule has 0 saturated heterocycles. The number of aromatic amines is 1. The van der Waals surface area contributed by atoms with Crippen LogP contribution in [0.4, 0.5) is 5.69 Å². The molecule has 1 aromatic heterocycles. The van der Waals surface area contributed by atoms with Crippen LogP contribution in [0.1, 0.15) is 37.4 Å². The molecule has 3 aromatic rings. The summed E-state index contributed by atoms with van der Waals surface area (Å²) in [5.74, 6) is 2.07. The number of thiocarbonyl (C=S) groups is 1. The van der Waals surface area contributed by atoms with Crippen molar-refractivity contribution in [1.29, 1.82) is 0 Å². The lowest BCUT2D eigenvalue weighted by Crippen LogP contribution is -2.29. The van der Waals surface area contributed by atoms with E-state index in [1.54, 1.807) is 7.11 Å². The topological polar surface area (TPSA) is 49.1 Å². The van der Waals surface area contributed by atoms with E-state index in [2.05, 4.69) is 60.7 Å². The highest BCUT2D eigenvalue weighted by molar-refractivity contribution is 7.80. The molecule has 152 valence electrons. The second kappa shape index (κ2) is 7.71. The maximum absolute atomic E-state index is 5.46. The van der Waals surface area contributed by atoms with Gasteiger partial charge in [0, 0.05) is 28.8 Å². The van der Waals surface area contributed by atoms with Crippen molar-refractivity contribution in [2.75, 3.05) is 19.0 Å². The molecule has 1 aliphatic rings. The molecule has 2 atom stereocenters. The molecule has 1 aliphatic carbocycles. The molecule has 0 amide bonds. The molecule has 0 aliphatic heterocycles. The van der Waals surface area contributed by atoms with Gasteiger partial charge < -0.3 is 20.4 Å². The Balaban J connectivity index is 1.35. The average Bonchev–Trinajstić information content (AvgIpc) is 3.06. The zero-order chi connectivity index (χ0) is 20.6. The molecule has 0 bridgehead atoms. The van der Waals surface area contributed by atoms with Gasteiger partial charge in [0.2, 0.25) is 0 Å². The van der Waals surface area contributed by atoms with Crippen LogP contribution in [0.3, 0.4) is 0 Å². The molecule has 5 heteroatoms. The molecule has 2 aromatic carbocycles. The minimum atomic E-state index is 0.308. The number of methoxy groups -OCH3 is 1. The predicted molar refractivity (Wildman–Crippen MR) is 125 cm³/mol. The van der Waals surface area contributed by atoms with Gasteiger partial charge in [0.1, 0.15) is 5.75 Å². The van der Waals surface area contributed by atoms with Crippen molar-refractivity contribution in [3.8, 4) is 5.75 Å². The van der Waals surface area contributed by atoms with Gasteiger partial charge in [0.05, 0.1) is 7.11 Å². The lowest BCUT2D eigenvalue weighted by molar-refractivity contribution is 0.415. The summed E-state index contributed by atoms with van der Waals surface area (Å²) in [5, 5.41) is 8.64. The molecule has 29 heavy (non-hydrogen) atoms. The number of nitrogens with one attached hydrogen (secondary N) is 3. The summed E-state index contributed by atoms with van der Waals surface area (Å²) in [6.07, 6.45) is 1.10. The Morgan fingerprint density at radius 2 is 1.86 bits per heavy atom. The first kappa shape index (κ1) is 19.8. The lowest BCUT2D eigenvalue weighted by Gasteiger charge is -2.11. The number of fused-ring (bicyclic) bond motifs is 1. The van der Waals surface area contributed by atoms with Crippen molar-refractivity contribution in [3.05, 3.63) is 59.8 Å². The van der Waals surface area contributed by atoms with Crippen LogP contribution in [0.25, 0.3) is 10.9 Å². The fourth-order valence-electron chi connectivity index (χ4n) is 4.75. The Bertz CT molecular complexity index is 1020. The number of hydrogen-bond acceptors (Lipinski definition) is 2. The third kappa shape index (κ3) is 3.84. The molecule has 0 unspecified atom stereocenters. The second-order valence-electron chi connectivity index (χ2n) is 8.51. The third-order valence-electron chi connectivity index (χ3n) is 6.39. The third-order valence-corrected chi connectivity index (χ3v) is 6.64. The number of benzene rings is 2. The average molecular weight is 408 g/mol. The fourth-order valence-corrected chi connectivity index (χ4v) is 4.97. The number of anilines is 1. The largest absolute Gasteiger partial charge is 0.497 e. The monoisotopic (exact) mass is 407 g/mol. The van der Waals surface area contributed by atoms with Crippen LogP contribution in [-0.4, -0.2) is 23.8 Å². The van der Waals surface area contributed by atoms with Gasteiger partial charge in [-0.1, -0.05) is 32.0 Å². The van der Waals surface area contributed by atoms with E-state index in [4.69, 9.17) is 17.0 Å². The molecule has 1 fully saturated rings. The molecule has 0 radical (unpaired) electrons. The van der Waals surface area contributed by atoms with Crippen LogP contribution in [0, 0.1) is 18.3 Å². The van der Waals surface area contributed by atoms with Gasteiger partial charge in [0.15, 0.2) is 5.11 Å². The van der Waals surface area contributed by atoms with Crippen molar-refractivity contribution in [2.45, 2.75) is 33.1 Å². The first-order valence-electron chi connectivity index (χ1n) is 10.2. The van der Waals surface area contributed by atoms with E-state index in [-0.39, 0.29) is 0 Å². The number of ether oxygens (including phenoxy) is 1. The fraction of sp³-hybridized carbons (Fsp3) is 0.375. The SMILES string of the molecule is COc1ccc(NC(=S)NCC[C@H]2[C@H](c3c(C)[nH]c4ccccc34)C2(C)C)cc1. The Morgan fingerprint density at radius 1 is 1.14 bits per heavy atom. The highest BCUT2D eigenvalue weighted by atomic mass is 32.1. The molecular formula is C24H29N3OS. The summed E-state index contributed by atoms with van der Waals surface area (Å²) in [5.41, 5.74) is 5.31. The second-order valence-corrected chi connectivity index (χ2v) is 8.92. The number of H-pyrrole nitrogens is 1. The number of rotatable bonds is 6. The first-order chi connectivity index (χ1) is 13.9. The van der Waals surface area contributed by atoms with E-state index in [0.717, 1.165) is 24.4 Å². The maximum Gasteiger partial charge on any atom is 0.170 e. The molecule has 4 nitrogen and oxygen atoms in total. The molecule has 3 N–H and O–H groups in total. The summed E-state index contributed by atoms with van der Waals surface area (Å²) in [6, 6.07) is 16.4. The summed E-state index contributed by atoms with van der Waals surface area (Å²) < 4.78 is 5.19. The highest BCUT2D eigenvalue weighted by Gasteiger charge is 2.58. The highest BCUT2D eigenvalue weighted by Crippen LogP contribution is 2.67. The van der Waals surface area contributed by atoms with Crippen LogP contribution in [-0.2, 0) is 0 Å². The van der Waals surface area contributed by atoms with E-state index < -0.39 is 0 Å². The van der Waals surface area contributed by atoms with Gasteiger partial charge >= 0.3 is 0 Å². The van der Waals surface area contributed by atoms with Crippen LogP contribution in [0.2, 0.25) is 0 Å². The number of aromatic nitrogens is 1. The standard InChI is InChI=1S/C24H29N3OS/c1-15-21(18-7-5-6-8-20(18)26-15)22-19(24(22,2)3)13-14-25-23(29)27-16-9-11-17(28-4)12-10-16/h5-12,19,22,26H,13-14H2,1-4H3,(H2,25,27,29)/t19-,22+/m0/s1. The van der Waals surface area contributed by atoms with E-state index in [1.165, 1.54) is 22.2 Å². The number of aryl methyl sites for hydroxylation is 1. The van der Waals surface area contributed by atoms with Crippen molar-refractivity contribution < 1.29 is 4.74 Å². The van der Waals surface area contributed by atoms with Crippen molar-refractivity contribution in [2.24, 2.45) is 11.3 Å². The summed E-state index contributed by atoms with van der Waals surface area (Å²) in [6.45, 7) is 7.84. The van der Waals surface area contributed by atoms with Gasteiger partial charge in [-0.2, -0.15) is 0 Å². The quantitative estimate of drug-likeness (QED) is 0.466. The summed E-state index contributed by atoms with van der Waals surface area (Å²) in [7, 11) is 1.67. The molecule has 0 spiro atoms. The minimum Gasteiger partial charge on any atom is -0.497 e. The number of para-hydroxylation sites is 1. The lowest BCUT2D eigenvalue weighted by atomic mass is 10.0. The predicted octanol–water partition coefficient (Wildman–Crippen LogP) is 5.60. The molecule has 1 saturated carbocycles. The van der Waals surface area contributed by atoms with Gasteiger partial charge in [-0.15, -0.1) is 0 Å². The van der Waals surface area contributed by atoms with Gasteiger partial charge in [-0.25, -0.2) is 0 Å². The van der Waals surface area contributed by atoms with E-state index >= 15 is 0 Å². The Labute approximate surface area is 178 Å². The minimum absolute atomic E-state index is 0.308. The van der Waals surface area contributed by atoms with E-state index in [0.29, 0.717) is 22.4 Å². The van der Waals surface area contributed by atoms with Gasteiger partial charge in [0.25, 0.3) is 0 Å². The van der Waals surface area contributed by atoms with Gasteiger partial charge in [-0.3, -0.25) is 0 Å². The van der Waals surface area contributed by atoms with Crippen LogP contribution in [0.5, 0.6) is 5.75 Å². The Kier molecular flexibility index (Phi) is 5.26. The van der Waals surface area contributed by atoms with Gasteiger partial charge in [-0.05, 0) is 78.7 Å². The zero-order valence-corrected chi connectivity index (χ0v) is 18.3. The van der Waals surface area contributed by atoms with Crippen molar-refractivity contribution in [3.63, 3.8) is 0 Å².